The predicted octanol–water partition coefficient (Wildman–Crippen LogP) is -0.0620. The molecule has 0 unspecified atom stereocenters. The van der Waals surface area contributed by atoms with Crippen LogP contribution in [0.25, 0.3) is 0 Å². The second kappa shape index (κ2) is 7.03. The number of fused-ring (bicyclic) bond motifs is 1. The van der Waals surface area contributed by atoms with Crippen LogP contribution in [0.4, 0.5) is 5.69 Å². The van der Waals surface area contributed by atoms with Crippen LogP contribution in [0, 0.1) is 0 Å². The van der Waals surface area contributed by atoms with Crippen LogP contribution in [0.5, 0.6) is 5.75 Å². The van der Waals surface area contributed by atoms with Gasteiger partial charge in [-0.2, -0.15) is 0 Å². The molecule has 2 N–H and O–H groups in total. The molecule has 1 amide bonds. The number of aliphatic hydroxyl groups is 1. The minimum atomic E-state index is -0.192. The molecule has 0 aromatic carbocycles. The van der Waals surface area contributed by atoms with Crippen molar-refractivity contribution < 1.29 is 24.1 Å². The fourth-order valence-corrected chi connectivity index (χ4v) is 1.55. The standard InChI is InChI=1S/C8H8N2O3.C4H8O2/c11-3-5-1-6-7(2-9-5)13-4-8(12)10-6;1-2-6-4-3-5-1/h1-2,11H,3-4H2,(H,10,12);1-4H2. The molecule has 19 heavy (non-hydrogen) atoms. The van der Waals surface area contributed by atoms with E-state index >= 15 is 0 Å². The van der Waals surface area contributed by atoms with E-state index in [0.717, 1.165) is 26.4 Å². The van der Waals surface area contributed by atoms with Crippen LogP contribution in [0.1, 0.15) is 5.69 Å². The maximum Gasteiger partial charge on any atom is 0.262 e. The van der Waals surface area contributed by atoms with E-state index in [1.54, 1.807) is 6.07 Å². The molecule has 0 bridgehead atoms. The Labute approximate surface area is 110 Å². The van der Waals surface area contributed by atoms with Crippen molar-refractivity contribution in [3.8, 4) is 5.75 Å². The molecule has 0 spiro atoms. The molecule has 1 aromatic rings. The number of amides is 1. The molecule has 7 heteroatoms. The second-order valence-electron chi connectivity index (χ2n) is 3.89. The highest BCUT2D eigenvalue weighted by atomic mass is 16.6. The highest BCUT2D eigenvalue weighted by molar-refractivity contribution is 5.95. The molecule has 0 atom stereocenters. The van der Waals surface area contributed by atoms with Gasteiger partial charge in [0, 0.05) is 0 Å². The van der Waals surface area contributed by atoms with E-state index in [-0.39, 0.29) is 19.1 Å². The smallest absolute Gasteiger partial charge is 0.262 e. The lowest BCUT2D eigenvalue weighted by Crippen LogP contribution is -2.25. The number of carbonyl (C=O) groups excluding carboxylic acids is 1. The highest BCUT2D eigenvalue weighted by Gasteiger charge is 2.16. The van der Waals surface area contributed by atoms with E-state index in [0.29, 0.717) is 17.1 Å². The number of rotatable bonds is 1. The average molecular weight is 268 g/mol. The van der Waals surface area contributed by atoms with Crippen molar-refractivity contribution >= 4 is 11.6 Å². The number of ether oxygens (including phenoxy) is 3. The molecule has 0 aliphatic carbocycles. The van der Waals surface area contributed by atoms with Crippen LogP contribution in [-0.4, -0.2) is 49.0 Å². The van der Waals surface area contributed by atoms with Crippen molar-refractivity contribution in [2.24, 2.45) is 0 Å². The van der Waals surface area contributed by atoms with E-state index < -0.39 is 0 Å². The van der Waals surface area contributed by atoms with Crippen molar-refractivity contribution in [3.63, 3.8) is 0 Å². The van der Waals surface area contributed by atoms with Gasteiger partial charge in [-0.1, -0.05) is 0 Å². The SMILES string of the molecule is C1COCCO1.O=C1COc2cnc(CO)cc2N1. The van der Waals surface area contributed by atoms with Crippen LogP contribution in [0.2, 0.25) is 0 Å². The summed E-state index contributed by atoms with van der Waals surface area (Å²) in [4.78, 5) is 14.8. The van der Waals surface area contributed by atoms with Crippen molar-refractivity contribution in [2.75, 3.05) is 38.4 Å². The van der Waals surface area contributed by atoms with Gasteiger partial charge < -0.3 is 24.6 Å². The summed E-state index contributed by atoms with van der Waals surface area (Å²) in [6.07, 6.45) is 1.49. The Hall–Kier alpha value is -1.70. The quantitative estimate of drug-likeness (QED) is 0.741. The second-order valence-corrected chi connectivity index (χ2v) is 3.89. The first-order chi connectivity index (χ1) is 9.29. The molecule has 104 valence electrons. The van der Waals surface area contributed by atoms with Gasteiger partial charge in [-0.05, 0) is 6.07 Å². The van der Waals surface area contributed by atoms with Gasteiger partial charge in [0.2, 0.25) is 0 Å². The Bertz CT molecular complexity index is 423. The molecule has 2 aliphatic heterocycles. The van der Waals surface area contributed by atoms with Crippen molar-refractivity contribution in [1.82, 2.24) is 4.98 Å². The minimum absolute atomic E-state index is 0.0210. The monoisotopic (exact) mass is 268 g/mol. The van der Waals surface area contributed by atoms with E-state index in [9.17, 15) is 4.79 Å². The molecule has 7 nitrogen and oxygen atoms in total. The van der Waals surface area contributed by atoms with Gasteiger partial charge in [0.1, 0.15) is 0 Å². The van der Waals surface area contributed by atoms with E-state index in [2.05, 4.69) is 10.3 Å². The van der Waals surface area contributed by atoms with E-state index in [4.69, 9.17) is 19.3 Å². The number of aromatic nitrogens is 1. The van der Waals surface area contributed by atoms with Gasteiger partial charge in [-0.15, -0.1) is 0 Å². The first kappa shape index (κ1) is 13.7. The summed E-state index contributed by atoms with van der Waals surface area (Å²) in [5.74, 6) is 0.347. The summed E-state index contributed by atoms with van der Waals surface area (Å²) in [7, 11) is 0. The zero-order chi connectivity index (χ0) is 13.5. The maximum absolute atomic E-state index is 10.9. The van der Waals surface area contributed by atoms with Crippen molar-refractivity contribution in [1.29, 1.82) is 0 Å². The molecule has 0 radical (unpaired) electrons. The molecular weight excluding hydrogens is 252 g/mol. The van der Waals surface area contributed by atoms with Gasteiger partial charge in [-0.3, -0.25) is 9.78 Å². The molecule has 3 rings (SSSR count). The van der Waals surface area contributed by atoms with E-state index in [1.807, 2.05) is 0 Å². The summed E-state index contributed by atoms with van der Waals surface area (Å²) in [6.45, 7) is 2.98. The number of pyridine rings is 1. The minimum Gasteiger partial charge on any atom is -0.480 e. The zero-order valence-electron chi connectivity index (χ0n) is 10.4. The number of nitrogens with one attached hydrogen (secondary N) is 1. The summed E-state index contributed by atoms with van der Waals surface area (Å²) in [5.41, 5.74) is 1.07. The Morgan fingerprint density at radius 2 is 1.95 bits per heavy atom. The molecule has 2 aliphatic rings. The number of carbonyl (C=O) groups is 1. The molecular formula is C12H16N2O5. The van der Waals surface area contributed by atoms with Gasteiger partial charge in [0.25, 0.3) is 5.91 Å². The van der Waals surface area contributed by atoms with Crippen molar-refractivity contribution in [2.45, 2.75) is 6.61 Å². The zero-order valence-corrected chi connectivity index (χ0v) is 10.4. The Morgan fingerprint density at radius 1 is 1.26 bits per heavy atom. The third-order valence-electron chi connectivity index (χ3n) is 2.46. The largest absolute Gasteiger partial charge is 0.480 e. The predicted molar refractivity (Wildman–Crippen MR) is 65.9 cm³/mol. The maximum atomic E-state index is 10.9. The summed E-state index contributed by atoms with van der Waals surface area (Å²) in [5, 5.41) is 11.4. The summed E-state index contributed by atoms with van der Waals surface area (Å²) in [6, 6.07) is 1.59. The number of anilines is 1. The lowest BCUT2D eigenvalue weighted by molar-refractivity contribution is -0.118. The average Bonchev–Trinajstić information content (AvgIpc) is 2.49. The van der Waals surface area contributed by atoms with Crippen LogP contribution < -0.4 is 10.1 Å². The van der Waals surface area contributed by atoms with Crippen LogP contribution in [0.15, 0.2) is 12.3 Å². The molecule has 0 saturated carbocycles. The van der Waals surface area contributed by atoms with Gasteiger partial charge >= 0.3 is 0 Å². The van der Waals surface area contributed by atoms with Gasteiger partial charge in [0.15, 0.2) is 12.4 Å². The van der Waals surface area contributed by atoms with Crippen LogP contribution >= 0.6 is 0 Å². The Kier molecular flexibility index (Phi) is 5.08. The van der Waals surface area contributed by atoms with Crippen molar-refractivity contribution in [3.05, 3.63) is 18.0 Å². The van der Waals surface area contributed by atoms with Gasteiger partial charge in [0.05, 0.1) is 50.6 Å². The number of aliphatic hydroxyl groups excluding tert-OH is 1. The fourth-order valence-electron chi connectivity index (χ4n) is 1.55. The summed E-state index contributed by atoms with van der Waals surface area (Å²) < 4.78 is 15.0. The van der Waals surface area contributed by atoms with Crippen LogP contribution in [0.3, 0.4) is 0 Å². The van der Waals surface area contributed by atoms with Crippen LogP contribution in [-0.2, 0) is 20.9 Å². The first-order valence-corrected chi connectivity index (χ1v) is 5.97. The lowest BCUT2D eigenvalue weighted by Gasteiger charge is -2.17. The molecule has 1 saturated heterocycles. The lowest BCUT2D eigenvalue weighted by atomic mass is 10.3. The Balaban J connectivity index is 0.000000186. The topological polar surface area (TPSA) is 89.9 Å². The number of hydrogen-bond donors (Lipinski definition) is 2. The molecule has 1 fully saturated rings. The highest BCUT2D eigenvalue weighted by Crippen LogP contribution is 2.26. The van der Waals surface area contributed by atoms with Gasteiger partial charge in [-0.25, -0.2) is 0 Å². The first-order valence-electron chi connectivity index (χ1n) is 5.97. The molecule has 3 heterocycles. The number of nitrogens with zero attached hydrogens (tertiary/aromatic N) is 1. The van der Waals surface area contributed by atoms with E-state index in [1.165, 1.54) is 6.20 Å². The summed E-state index contributed by atoms with van der Waals surface area (Å²) >= 11 is 0. The molecule has 1 aromatic heterocycles. The number of hydrogen-bond acceptors (Lipinski definition) is 6. The normalized spacial score (nSPS) is 17.4. The third kappa shape index (κ3) is 4.16. The fraction of sp³-hybridized carbons (Fsp3) is 0.500. The third-order valence-corrected chi connectivity index (χ3v) is 2.46. The Morgan fingerprint density at radius 3 is 2.53 bits per heavy atom.